The Morgan fingerprint density at radius 2 is 2.36 bits per heavy atom. The standard InChI is InChI=1S/C8H8N4OS/c13-7-3-6(10-8(14)11-7)4-12-2-1-9-5-12/h1-3,5H,4H2,(H2,10,11,13,14). The van der Waals surface area contributed by atoms with Gasteiger partial charge < -0.3 is 9.55 Å². The molecule has 5 nitrogen and oxygen atoms in total. The van der Waals surface area contributed by atoms with Gasteiger partial charge in [-0.2, -0.15) is 0 Å². The first-order valence-electron chi connectivity index (χ1n) is 4.02. The van der Waals surface area contributed by atoms with Crippen LogP contribution in [0.5, 0.6) is 0 Å². The average Bonchev–Trinajstić information content (AvgIpc) is 2.54. The molecule has 2 heterocycles. The van der Waals surface area contributed by atoms with Gasteiger partial charge in [-0.15, -0.1) is 0 Å². The Morgan fingerprint density at radius 3 is 3.00 bits per heavy atom. The molecule has 2 rings (SSSR count). The highest BCUT2D eigenvalue weighted by Crippen LogP contribution is 1.94. The molecule has 0 bridgehead atoms. The first-order valence-corrected chi connectivity index (χ1v) is 4.43. The molecule has 0 radical (unpaired) electrons. The SMILES string of the molecule is O=c1cc(Cn2ccnc2)[nH]c(=S)[nH]1. The topological polar surface area (TPSA) is 66.5 Å². The largest absolute Gasteiger partial charge is 0.334 e. The van der Waals surface area contributed by atoms with Gasteiger partial charge in [0.05, 0.1) is 12.9 Å². The fraction of sp³-hybridized carbons (Fsp3) is 0.125. The van der Waals surface area contributed by atoms with E-state index in [1.165, 1.54) is 6.07 Å². The predicted octanol–water partition coefficient (Wildman–Crippen LogP) is 0.677. The van der Waals surface area contributed by atoms with E-state index in [1.54, 1.807) is 12.5 Å². The summed E-state index contributed by atoms with van der Waals surface area (Å²) in [5.41, 5.74) is 0.570. The van der Waals surface area contributed by atoms with Gasteiger partial charge in [0.1, 0.15) is 0 Å². The lowest BCUT2D eigenvalue weighted by molar-refractivity contribution is 0.763. The highest BCUT2D eigenvalue weighted by atomic mass is 32.1. The monoisotopic (exact) mass is 208 g/mol. The van der Waals surface area contributed by atoms with E-state index >= 15 is 0 Å². The minimum absolute atomic E-state index is 0.191. The number of hydrogen-bond donors (Lipinski definition) is 2. The summed E-state index contributed by atoms with van der Waals surface area (Å²) in [7, 11) is 0. The van der Waals surface area contributed by atoms with Gasteiger partial charge in [0, 0.05) is 24.2 Å². The van der Waals surface area contributed by atoms with E-state index in [0.29, 0.717) is 11.3 Å². The zero-order chi connectivity index (χ0) is 9.97. The number of nitrogens with one attached hydrogen (secondary N) is 2. The number of hydrogen-bond acceptors (Lipinski definition) is 3. The molecular formula is C8H8N4OS. The third-order valence-electron chi connectivity index (χ3n) is 1.73. The van der Waals surface area contributed by atoms with E-state index in [0.717, 1.165) is 5.69 Å². The van der Waals surface area contributed by atoms with Gasteiger partial charge in [-0.3, -0.25) is 9.78 Å². The van der Waals surface area contributed by atoms with Gasteiger partial charge in [-0.1, -0.05) is 0 Å². The van der Waals surface area contributed by atoms with Crippen LogP contribution in [0.3, 0.4) is 0 Å². The third kappa shape index (κ3) is 1.97. The summed E-state index contributed by atoms with van der Waals surface area (Å²) < 4.78 is 2.19. The molecule has 2 aromatic heterocycles. The molecule has 0 aliphatic carbocycles. The summed E-state index contributed by atoms with van der Waals surface area (Å²) in [4.78, 5) is 20.3. The number of rotatable bonds is 2. The van der Waals surface area contributed by atoms with Crippen molar-refractivity contribution < 1.29 is 0 Å². The van der Waals surface area contributed by atoms with Crippen molar-refractivity contribution >= 4 is 12.2 Å². The average molecular weight is 208 g/mol. The first-order chi connectivity index (χ1) is 6.74. The Labute approximate surface area is 84.5 Å². The summed E-state index contributed by atoms with van der Waals surface area (Å²) >= 11 is 4.85. The maximum atomic E-state index is 11.1. The molecule has 14 heavy (non-hydrogen) atoms. The number of aromatic nitrogens is 4. The number of aromatic amines is 2. The van der Waals surface area contributed by atoms with Crippen molar-refractivity contribution in [3.63, 3.8) is 0 Å². The number of nitrogens with zero attached hydrogens (tertiary/aromatic N) is 2. The van der Waals surface area contributed by atoms with Crippen LogP contribution in [0.25, 0.3) is 0 Å². The van der Waals surface area contributed by atoms with Crippen LogP contribution in [0, 0.1) is 4.77 Å². The molecule has 72 valence electrons. The summed E-state index contributed by atoms with van der Waals surface area (Å²) in [6.45, 7) is 0.563. The van der Waals surface area contributed by atoms with Gasteiger partial charge in [0.2, 0.25) is 0 Å². The smallest absolute Gasteiger partial charge is 0.251 e. The summed E-state index contributed by atoms with van der Waals surface area (Å²) in [6.07, 6.45) is 5.18. The lowest BCUT2D eigenvalue weighted by atomic mass is 10.4. The van der Waals surface area contributed by atoms with Crippen LogP contribution in [-0.4, -0.2) is 19.5 Å². The third-order valence-corrected chi connectivity index (χ3v) is 1.93. The van der Waals surface area contributed by atoms with Gasteiger partial charge in [0.25, 0.3) is 5.56 Å². The molecule has 0 aliphatic rings. The molecule has 0 saturated heterocycles. The highest BCUT2D eigenvalue weighted by Gasteiger charge is 1.95. The van der Waals surface area contributed by atoms with Gasteiger partial charge in [-0.25, -0.2) is 4.98 Å². The Bertz CT molecular complexity index is 497. The maximum Gasteiger partial charge on any atom is 0.251 e. The predicted molar refractivity (Wildman–Crippen MR) is 53.6 cm³/mol. The minimum Gasteiger partial charge on any atom is -0.334 e. The zero-order valence-corrected chi connectivity index (χ0v) is 8.04. The van der Waals surface area contributed by atoms with E-state index in [-0.39, 0.29) is 5.56 Å². The first kappa shape index (κ1) is 8.89. The Morgan fingerprint density at radius 1 is 1.50 bits per heavy atom. The molecule has 0 aromatic carbocycles. The highest BCUT2D eigenvalue weighted by molar-refractivity contribution is 7.71. The molecule has 2 N–H and O–H groups in total. The van der Waals surface area contributed by atoms with Crippen molar-refractivity contribution in [1.82, 2.24) is 19.5 Å². The Balaban J connectivity index is 2.34. The van der Waals surface area contributed by atoms with Crippen LogP contribution in [0.2, 0.25) is 0 Å². The second-order valence-electron chi connectivity index (χ2n) is 2.85. The molecule has 0 saturated carbocycles. The molecule has 2 aromatic rings. The van der Waals surface area contributed by atoms with Crippen LogP contribution in [0.1, 0.15) is 5.69 Å². The van der Waals surface area contributed by atoms with Crippen LogP contribution in [0.4, 0.5) is 0 Å². The minimum atomic E-state index is -0.191. The van der Waals surface area contributed by atoms with Crippen molar-refractivity contribution in [2.24, 2.45) is 0 Å². The Kier molecular flexibility index (Phi) is 2.28. The second kappa shape index (κ2) is 3.59. The molecule has 0 unspecified atom stereocenters. The van der Waals surface area contributed by atoms with Crippen LogP contribution in [0.15, 0.2) is 29.6 Å². The van der Waals surface area contributed by atoms with Gasteiger partial charge in [0.15, 0.2) is 4.77 Å². The molecule has 6 heteroatoms. The van der Waals surface area contributed by atoms with Crippen molar-refractivity contribution in [2.45, 2.75) is 6.54 Å². The van der Waals surface area contributed by atoms with E-state index in [9.17, 15) is 4.79 Å². The van der Waals surface area contributed by atoms with Gasteiger partial charge in [-0.05, 0) is 12.2 Å². The second-order valence-corrected chi connectivity index (χ2v) is 3.26. The van der Waals surface area contributed by atoms with Crippen molar-refractivity contribution in [3.8, 4) is 0 Å². The van der Waals surface area contributed by atoms with Crippen LogP contribution < -0.4 is 5.56 Å². The fourth-order valence-electron chi connectivity index (χ4n) is 1.18. The maximum absolute atomic E-state index is 11.1. The zero-order valence-electron chi connectivity index (χ0n) is 7.23. The molecular weight excluding hydrogens is 200 g/mol. The van der Waals surface area contributed by atoms with Crippen LogP contribution >= 0.6 is 12.2 Å². The lowest BCUT2D eigenvalue weighted by Gasteiger charge is -2.01. The normalized spacial score (nSPS) is 10.3. The summed E-state index contributed by atoms with van der Waals surface area (Å²) in [5, 5.41) is 0. The summed E-state index contributed by atoms with van der Waals surface area (Å²) in [5.74, 6) is 0. The van der Waals surface area contributed by atoms with Crippen LogP contribution in [-0.2, 0) is 6.54 Å². The molecule has 0 amide bonds. The lowest BCUT2D eigenvalue weighted by Crippen LogP contribution is -2.10. The molecule has 0 aliphatic heterocycles. The quantitative estimate of drug-likeness (QED) is 0.713. The summed E-state index contributed by atoms with van der Waals surface area (Å²) in [6, 6.07) is 1.48. The van der Waals surface area contributed by atoms with E-state index in [2.05, 4.69) is 15.0 Å². The molecule has 0 atom stereocenters. The molecule has 0 fully saturated rings. The van der Waals surface area contributed by atoms with Crippen molar-refractivity contribution in [3.05, 3.63) is 45.6 Å². The van der Waals surface area contributed by atoms with E-state index in [1.807, 2.05) is 10.8 Å². The number of imidazole rings is 1. The van der Waals surface area contributed by atoms with Crippen molar-refractivity contribution in [2.75, 3.05) is 0 Å². The van der Waals surface area contributed by atoms with E-state index in [4.69, 9.17) is 12.2 Å². The molecule has 0 spiro atoms. The fourth-order valence-corrected chi connectivity index (χ4v) is 1.41. The Hall–Kier alpha value is -1.69. The van der Waals surface area contributed by atoms with Crippen molar-refractivity contribution in [1.29, 1.82) is 0 Å². The number of H-pyrrole nitrogens is 2. The van der Waals surface area contributed by atoms with Gasteiger partial charge >= 0.3 is 0 Å². The van der Waals surface area contributed by atoms with E-state index < -0.39 is 0 Å².